The van der Waals surface area contributed by atoms with Gasteiger partial charge in [-0.3, -0.25) is 4.57 Å². The van der Waals surface area contributed by atoms with Crippen molar-refractivity contribution in [3.05, 3.63) is 133 Å². The highest BCUT2D eigenvalue weighted by atomic mass is 32.1. The van der Waals surface area contributed by atoms with Crippen molar-refractivity contribution in [3.8, 4) is 28.7 Å². The molecule has 210 valence electrons. The van der Waals surface area contributed by atoms with Gasteiger partial charge < -0.3 is 4.42 Å². The summed E-state index contributed by atoms with van der Waals surface area (Å²) in [7, 11) is 0. The van der Waals surface area contributed by atoms with E-state index < -0.39 is 0 Å². The number of hydrogen-bond donors (Lipinski definition) is 0. The standard InChI is InChI=1S/C39H22N4OS/c1-2-11-23(12-3-1)37-40-38(29-17-10-16-27-25-14-6-9-20-33(25)45-36(27)29)42-39(41-37)43-30-18-7-4-15-28(30)34-31(43)22-21-26-24-13-5-8-19-32(24)44-35(26)34/h1-22H. The molecule has 0 atom stereocenters. The van der Waals surface area contributed by atoms with E-state index in [1.165, 1.54) is 20.2 Å². The molecule has 5 nitrogen and oxygen atoms in total. The van der Waals surface area contributed by atoms with Crippen LogP contribution in [0.1, 0.15) is 0 Å². The van der Waals surface area contributed by atoms with Crippen molar-refractivity contribution >= 4 is 75.3 Å². The van der Waals surface area contributed by atoms with Gasteiger partial charge in [-0.25, -0.2) is 4.98 Å². The van der Waals surface area contributed by atoms with Gasteiger partial charge in [-0.05, 0) is 36.4 Å². The molecule has 0 bridgehead atoms. The second kappa shape index (κ2) is 9.32. The minimum absolute atomic E-state index is 0.568. The zero-order valence-electron chi connectivity index (χ0n) is 23.8. The third kappa shape index (κ3) is 3.57. The molecular weight excluding hydrogens is 573 g/mol. The first-order chi connectivity index (χ1) is 22.3. The topological polar surface area (TPSA) is 56.7 Å². The summed E-state index contributed by atoms with van der Waals surface area (Å²) >= 11 is 1.78. The third-order valence-corrected chi connectivity index (χ3v) is 9.90. The van der Waals surface area contributed by atoms with E-state index in [2.05, 4.69) is 95.6 Å². The molecule has 6 aromatic carbocycles. The normalized spacial score (nSPS) is 12.0. The van der Waals surface area contributed by atoms with E-state index in [9.17, 15) is 0 Å². The molecule has 0 aliphatic heterocycles. The second-order valence-corrected chi connectivity index (χ2v) is 12.3. The van der Waals surface area contributed by atoms with Crippen LogP contribution in [0.3, 0.4) is 0 Å². The average molecular weight is 595 g/mol. The number of rotatable bonds is 3. The number of benzene rings is 6. The van der Waals surface area contributed by atoms with Gasteiger partial charge in [0, 0.05) is 47.5 Å². The second-order valence-electron chi connectivity index (χ2n) is 11.2. The molecule has 0 saturated carbocycles. The fraction of sp³-hybridized carbons (Fsp3) is 0. The summed E-state index contributed by atoms with van der Waals surface area (Å²) in [5.74, 6) is 1.84. The molecule has 0 aliphatic carbocycles. The Balaban J connectivity index is 1.31. The van der Waals surface area contributed by atoms with Gasteiger partial charge in [-0.15, -0.1) is 11.3 Å². The van der Waals surface area contributed by atoms with Gasteiger partial charge in [0.1, 0.15) is 11.2 Å². The number of fused-ring (bicyclic) bond motifs is 10. The lowest BCUT2D eigenvalue weighted by molar-refractivity contribution is 0.673. The van der Waals surface area contributed by atoms with Gasteiger partial charge in [0.25, 0.3) is 0 Å². The molecule has 0 radical (unpaired) electrons. The minimum atomic E-state index is 0.568. The Bertz CT molecular complexity index is 2770. The largest absolute Gasteiger partial charge is 0.455 e. The van der Waals surface area contributed by atoms with Crippen molar-refractivity contribution in [2.45, 2.75) is 0 Å². The van der Waals surface area contributed by atoms with Crippen LogP contribution in [-0.2, 0) is 0 Å². The molecule has 0 N–H and O–H groups in total. The highest BCUT2D eigenvalue weighted by Gasteiger charge is 2.22. The van der Waals surface area contributed by atoms with Crippen molar-refractivity contribution in [1.82, 2.24) is 19.5 Å². The van der Waals surface area contributed by atoms with Crippen LogP contribution < -0.4 is 0 Å². The van der Waals surface area contributed by atoms with Gasteiger partial charge >= 0.3 is 0 Å². The first kappa shape index (κ1) is 24.6. The van der Waals surface area contributed by atoms with Crippen LogP contribution in [0.25, 0.3) is 92.6 Å². The Hall–Kier alpha value is -5.85. The number of furan rings is 1. The highest BCUT2D eigenvalue weighted by molar-refractivity contribution is 7.26. The summed E-state index contributed by atoms with van der Waals surface area (Å²) in [5, 5.41) is 6.80. The molecule has 0 fully saturated rings. The predicted octanol–water partition coefficient (Wildman–Crippen LogP) is 10.6. The SMILES string of the molecule is c1ccc(-c2nc(-c3cccc4c3sc3ccccc34)nc(-n3c4ccccc4c4c5oc6ccccc6c5ccc43)n2)cc1. The van der Waals surface area contributed by atoms with Gasteiger partial charge in [-0.2, -0.15) is 9.97 Å². The average Bonchev–Trinajstić information content (AvgIpc) is 3.78. The fourth-order valence-electron chi connectivity index (χ4n) is 6.68. The number of aromatic nitrogens is 4. The predicted molar refractivity (Wildman–Crippen MR) is 185 cm³/mol. The molecule has 0 unspecified atom stereocenters. The van der Waals surface area contributed by atoms with Crippen LogP contribution in [-0.4, -0.2) is 19.5 Å². The molecule has 4 aromatic heterocycles. The molecule has 45 heavy (non-hydrogen) atoms. The van der Waals surface area contributed by atoms with E-state index in [0.29, 0.717) is 17.6 Å². The lowest BCUT2D eigenvalue weighted by Gasteiger charge is -2.11. The van der Waals surface area contributed by atoms with E-state index >= 15 is 0 Å². The van der Waals surface area contributed by atoms with E-state index in [1.54, 1.807) is 11.3 Å². The van der Waals surface area contributed by atoms with E-state index in [4.69, 9.17) is 19.4 Å². The maximum atomic E-state index is 6.52. The number of hydrogen-bond acceptors (Lipinski definition) is 5. The van der Waals surface area contributed by atoms with Crippen LogP contribution in [0, 0.1) is 0 Å². The van der Waals surface area contributed by atoms with Crippen molar-refractivity contribution in [2.24, 2.45) is 0 Å². The lowest BCUT2D eigenvalue weighted by Crippen LogP contribution is -2.06. The third-order valence-electron chi connectivity index (χ3n) is 8.68. The van der Waals surface area contributed by atoms with Crippen LogP contribution in [0.5, 0.6) is 0 Å². The van der Waals surface area contributed by atoms with Crippen molar-refractivity contribution in [2.75, 3.05) is 0 Å². The van der Waals surface area contributed by atoms with Crippen LogP contribution in [0.15, 0.2) is 138 Å². The maximum Gasteiger partial charge on any atom is 0.238 e. The van der Waals surface area contributed by atoms with Gasteiger partial charge in [0.05, 0.1) is 16.4 Å². The highest BCUT2D eigenvalue weighted by Crippen LogP contribution is 2.42. The number of para-hydroxylation sites is 2. The first-order valence-corrected chi connectivity index (χ1v) is 15.7. The summed E-state index contributed by atoms with van der Waals surface area (Å²) in [6.45, 7) is 0. The maximum absolute atomic E-state index is 6.52. The van der Waals surface area contributed by atoms with Crippen LogP contribution in [0.4, 0.5) is 0 Å². The first-order valence-electron chi connectivity index (χ1n) is 14.9. The van der Waals surface area contributed by atoms with Gasteiger partial charge in [0.15, 0.2) is 11.6 Å². The molecule has 0 aliphatic rings. The van der Waals surface area contributed by atoms with Crippen LogP contribution >= 0.6 is 11.3 Å². The molecule has 0 saturated heterocycles. The summed E-state index contributed by atoms with van der Waals surface area (Å²) < 4.78 is 11.1. The Labute approximate surface area is 260 Å². The Morgan fingerprint density at radius 1 is 0.511 bits per heavy atom. The van der Waals surface area contributed by atoms with Crippen molar-refractivity contribution < 1.29 is 4.42 Å². The molecule has 10 rings (SSSR count). The molecule has 6 heteroatoms. The zero-order chi connectivity index (χ0) is 29.5. The van der Waals surface area contributed by atoms with Crippen molar-refractivity contribution in [3.63, 3.8) is 0 Å². The molecule has 10 aromatic rings. The van der Waals surface area contributed by atoms with Crippen molar-refractivity contribution in [1.29, 1.82) is 0 Å². The van der Waals surface area contributed by atoms with Gasteiger partial charge in [-0.1, -0.05) is 97.1 Å². The Kier molecular flexibility index (Phi) is 5.09. The zero-order valence-corrected chi connectivity index (χ0v) is 24.6. The Morgan fingerprint density at radius 3 is 2.16 bits per heavy atom. The van der Waals surface area contributed by atoms with Gasteiger partial charge in [0.2, 0.25) is 5.95 Å². The Morgan fingerprint density at radius 2 is 1.24 bits per heavy atom. The lowest BCUT2D eigenvalue weighted by atomic mass is 10.1. The molecule has 0 amide bonds. The molecule has 0 spiro atoms. The summed E-state index contributed by atoms with van der Waals surface area (Å²) in [5.41, 5.74) is 5.68. The monoisotopic (exact) mass is 594 g/mol. The summed E-state index contributed by atoms with van der Waals surface area (Å²) in [4.78, 5) is 15.5. The minimum Gasteiger partial charge on any atom is -0.455 e. The molecule has 4 heterocycles. The van der Waals surface area contributed by atoms with E-state index in [1.807, 2.05) is 42.5 Å². The van der Waals surface area contributed by atoms with E-state index in [-0.39, 0.29) is 0 Å². The number of nitrogens with zero attached hydrogens (tertiary/aromatic N) is 4. The number of thiophene rings is 1. The molecular formula is C39H22N4OS. The van der Waals surface area contributed by atoms with Crippen LogP contribution in [0.2, 0.25) is 0 Å². The fourth-order valence-corrected chi connectivity index (χ4v) is 7.89. The summed E-state index contributed by atoms with van der Waals surface area (Å²) in [6, 6.07) is 46.0. The quantitative estimate of drug-likeness (QED) is 0.204. The smallest absolute Gasteiger partial charge is 0.238 e. The van der Waals surface area contributed by atoms with E-state index in [0.717, 1.165) is 54.9 Å². The summed E-state index contributed by atoms with van der Waals surface area (Å²) in [6.07, 6.45) is 0.